The highest BCUT2D eigenvalue weighted by atomic mass is 19.1. The van der Waals surface area contributed by atoms with Crippen LogP contribution in [-0.2, 0) is 16.1 Å². The number of ether oxygens (including phenoxy) is 2. The number of rotatable bonds is 10. The molecule has 0 bridgehead atoms. The second kappa shape index (κ2) is 12.1. The molecule has 0 spiro atoms. The minimum Gasteiger partial charge on any atom is -0.440 e. The van der Waals surface area contributed by atoms with Crippen molar-refractivity contribution in [3.8, 4) is 5.88 Å². The fourth-order valence-corrected chi connectivity index (χ4v) is 4.91. The van der Waals surface area contributed by atoms with E-state index in [-0.39, 0.29) is 24.6 Å². The summed E-state index contributed by atoms with van der Waals surface area (Å²) >= 11 is 0. The molecule has 0 atom stereocenters. The highest BCUT2D eigenvalue weighted by Crippen LogP contribution is 2.28. The molecule has 216 valence electrons. The molecule has 5 rings (SSSR count). The van der Waals surface area contributed by atoms with Crippen molar-refractivity contribution in [3.05, 3.63) is 72.2 Å². The van der Waals surface area contributed by atoms with Crippen LogP contribution in [0.3, 0.4) is 0 Å². The Morgan fingerprint density at radius 3 is 2.54 bits per heavy atom. The fraction of sp³-hybridized carbons (Fsp3) is 0.419. The summed E-state index contributed by atoms with van der Waals surface area (Å²) in [7, 11) is 1.99. The molecule has 2 aromatic heterocycles. The molecule has 4 aromatic rings. The number of hydrogen-bond acceptors (Lipinski definition) is 8. The van der Waals surface area contributed by atoms with E-state index in [0.717, 1.165) is 48.5 Å². The normalized spacial score (nSPS) is 14.3. The van der Waals surface area contributed by atoms with Gasteiger partial charge in [0.05, 0.1) is 23.0 Å². The summed E-state index contributed by atoms with van der Waals surface area (Å²) in [6.45, 7) is 7.70. The van der Waals surface area contributed by atoms with Crippen LogP contribution in [0.25, 0.3) is 11.0 Å². The number of hydrogen-bond donors (Lipinski definition) is 0. The minimum atomic E-state index is -0.555. The zero-order valence-electron chi connectivity index (χ0n) is 24.1. The van der Waals surface area contributed by atoms with E-state index in [4.69, 9.17) is 14.5 Å². The van der Waals surface area contributed by atoms with Crippen LogP contribution in [-0.4, -0.2) is 58.5 Å². The van der Waals surface area contributed by atoms with Crippen molar-refractivity contribution in [1.82, 2.24) is 19.5 Å². The smallest absolute Gasteiger partial charge is 0.314 e. The Morgan fingerprint density at radius 1 is 1.07 bits per heavy atom. The van der Waals surface area contributed by atoms with E-state index < -0.39 is 5.41 Å². The van der Waals surface area contributed by atoms with Crippen molar-refractivity contribution in [1.29, 1.82) is 0 Å². The van der Waals surface area contributed by atoms with Crippen LogP contribution in [0.5, 0.6) is 5.88 Å². The van der Waals surface area contributed by atoms with Crippen molar-refractivity contribution < 1.29 is 18.7 Å². The third kappa shape index (κ3) is 6.42. The van der Waals surface area contributed by atoms with Gasteiger partial charge in [-0.2, -0.15) is 4.98 Å². The Kier molecular flexibility index (Phi) is 8.37. The Balaban J connectivity index is 1.23. The molecular formula is C31H37FN6O3. The molecule has 0 unspecified atom stereocenters. The summed E-state index contributed by atoms with van der Waals surface area (Å²) < 4.78 is 26.6. The third-order valence-electron chi connectivity index (χ3n) is 7.95. The summed E-state index contributed by atoms with van der Waals surface area (Å²) in [4.78, 5) is 30.6. The minimum absolute atomic E-state index is 0.195. The van der Waals surface area contributed by atoms with Crippen molar-refractivity contribution >= 4 is 28.9 Å². The van der Waals surface area contributed by atoms with E-state index >= 15 is 0 Å². The first kappa shape index (κ1) is 28.3. The molecule has 9 nitrogen and oxygen atoms in total. The van der Waals surface area contributed by atoms with Crippen LogP contribution >= 0.6 is 0 Å². The van der Waals surface area contributed by atoms with Crippen LogP contribution in [0, 0.1) is 11.2 Å². The Hall–Kier alpha value is -4.21. The zero-order valence-corrected chi connectivity index (χ0v) is 24.1. The molecule has 41 heavy (non-hydrogen) atoms. The molecule has 1 fully saturated rings. The lowest BCUT2D eigenvalue weighted by Crippen LogP contribution is -2.44. The molecule has 1 saturated heterocycles. The quantitative estimate of drug-likeness (QED) is 0.187. The van der Waals surface area contributed by atoms with Crippen LogP contribution in [0.4, 0.5) is 16.3 Å². The number of aromatic nitrogens is 4. The molecule has 10 heteroatoms. The van der Waals surface area contributed by atoms with Gasteiger partial charge < -0.3 is 23.8 Å². The zero-order chi connectivity index (χ0) is 29.0. The highest BCUT2D eigenvalue weighted by molar-refractivity contribution is 5.79. The fourth-order valence-electron chi connectivity index (χ4n) is 4.91. The predicted octanol–water partition coefficient (Wildman–Crippen LogP) is 5.43. The first-order valence-electron chi connectivity index (χ1n) is 14.1. The molecule has 3 heterocycles. The van der Waals surface area contributed by atoms with Crippen molar-refractivity contribution in [2.45, 2.75) is 52.6 Å². The SMILES string of the molecule is CCC(C)(C)C(=O)OCOc1ccnc(N(C)C2CCN(c3nc4ccccc4n3Cc3ccc(F)cc3)CC2)n1. The molecule has 0 aliphatic carbocycles. The lowest BCUT2D eigenvalue weighted by Gasteiger charge is -2.37. The Bertz CT molecular complexity index is 1480. The molecule has 1 aliphatic heterocycles. The van der Waals surface area contributed by atoms with E-state index in [1.165, 1.54) is 12.1 Å². The summed E-state index contributed by atoms with van der Waals surface area (Å²) in [6.07, 6.45) is 4.13. The number of halogens is 1. The van der Waals surface area contributed by atoms with Crippen molar-refractivity contribution in [2.24, 2.45) is 5.41 Å². The standard InChI is InChI=1S/C31H37FN6O3/c1-5-31(2,3)28(39)41-21-40-27-14-17-33-29(35-27)36(4)24-15-18-37(19-16-24)30-34-25-8-6-7-9-26(25)38(30)20-22-10-12-23(32)13-11-22/h6-14,17,24H,5,15-16,18-21H2,1-4H3. The molecule has 0 saturated carbocycles. The summed E-state index contributed by atoms with van der Waals surface area (Å²) in [5, 5.41) is 0. The number of carbonyl (C=O) groups is 1. The second-order valence-electron chi connectivity index (χ2n) is 11.1. The van der Waals surface area contributed by atoms with Gasteiger partial charge in [0.2, 0.25) is 24.6 Å². The van der Waals surface area contributed by atoms with E-state index in [9.17, 15) is 9.18 Å². The van der Waals surface area contributed by atoms with Gasteiger partial charge in [0.25, 0.3) is 0 Å². The lowest BCUT2D eigenvalue weighted by atomic mass is 9.91. The van der Waals surface area contributed by atoms with Gasteiger partial charge in [-0.25, -0.2) is 14.4 Å². The van der Waals surface area contributed by atoms with Gasteiger partial charge in [-0.05, 0) is 62.9 Å². The van der Waals surface area contributed by atoms with Crippen molar-refractivity contribution in [2.75, 3.05) is 36.7 Å². The monoisotopic (exact) mass is 560 g/mol. The summed E-state index contributed by atoms with van der Waals surface area (Å²) in [5.74, 6) is 1.30. The molecule has 1 aliphatic rings. The summed E-state index contributed by atoms with van der Waals surface area (Å²) in [5.41, 5.74) is 2.46. The molecule has 0 amide bonds. The van der Waals surface area contributed by atoms with E-state index in [2.05, 4.69) is 30.4 Å². The Morgan fingerprint density at radius 2 is 1.80 bits per heavy atom. The predicted molar refractivity (Wildman–Crippen MR) is 157 cm³/mol. The number of nitrogens with zero attached hydrogens (tertiary/aromatic N) is 6. The molecular weight excluding hydrogens is 523 g/mol. The number of carbonyl (C=O) groups excluding carboxylic acids is 1. The average molecular weight is 561 g/mol. The Labute approximate surface area is 239 Å². The number of piperidine rings is 1. The lowest BCUT2D eigenvalue weighted by molar-refractivity contribution is -0.161. The van der Waals surface area contributed by atoms with Gasteiger partial charge >= 0.3 is 5.97 Å². The van der Waals surface area contributed by atoms with Gasteiger partial charge in [-0.1, -0.05) is 31.2 Å². The number of esters is 1. The maximum atomic E-state index is 13.5. The summed E-state index contributed by atoms with van der Waals surface area (Å²) in [6, 6.07) is 16.6. The van der Waals surface area contributed by atoms with Gasteiger partial charge in [-0.15, -0.1) is 0 Å². The average Bonchev–Trinajstić information content (AvgIpc) is 3.36. The molecule has 0 N–H and O–H groups in total. The van der Waals surface area contributed by atoms with Crippen LogP contribution in [0.2, 0.25) is 0 Å². The number of anilines is 2. The second-order valence-corrected chi connectivity index (χ2v) is 11.1. The van der Waals surface area contributed by atoms with E-state index in [0.29, 0.717) is 24.8 Å². The largest absolute Gasteiger partial charge is 0.440 e. The first-order valence-corrected chi connectivity index (χ1v) is 14.1. The van der Waals surface area contributed by atoms with Gasteiger partial charge in [-0.3, -0.25) is 4.79 Å². The molecule has 0 radical (unpaired) electrons. The first-order chi connectivity index (χ1) is 19.7. The number of fused-ring (bicyclic) bond motifs is 1. The third-order valence-corrected chi connectivity index (χ3v) is 7.95. The number of benzene rings is 2. The van der Waals surface area contributed by atoms with Gasteiger partial charge in [0.1, 0.15) is 5.82 Å². The van der Waals surface area contributed by atoms with Gasteiger partial charge in [0, 0.05) is 38.4 Å². The maximum absolute atomic E-state index is 13.5. The van der Waals surface area contributed by atoms with Crippen LogP contribution < -0.4 is 14.5 Å². The molecule has 2 aromatic carbocycles. The highest BCUT2D eigenvalue weighted by Gasteiger charge is 2.28. The van der Waals surface area contributed by atoms with Crippen LogP contribution in [0.15, 0.2) is 60.8 Å². The van der Waals surface area contributed by atoms with Crippen LogP contribution in [0.1, 0.15) is 45.6 Å². The van der Waals surface area contributed by atoms with Gasteiger partial charge in [0.15, 0.2) is 0 Å². The number of imidazole rings is 1. The topological polar surface area (TPSA) is 85.6 Å². The van der Waals surface area contributed by atoms with E-state index in [1.807, 2.05) is 58.2 Å². The van der Waals surface area contributed by atoms with E-state index in [1.54, 1.807) is 12.3 Å². The maximum Gasteiger partial charge on any atom is 0.314 e. The van der Waals surface area contributed by atoms with Crippen molar-refractivity contribution in [3.63, 3.8) is 0 Å². The number of para-hydroxylation sites is 2.